The van der Waals surface area contributed by atoms with E-state index < -0.39 is 4.92 Å². The van der Waals surface area contributed by atoms with Crippen molar-refractivity contribution in [2.24, 2.45) is 0 Å². The van der Waals surface area contributed by atoms with Gasteiger partial charge in [0.15, 0.2) is 0 Å². The van der Waals surface area contributed by atoms with E-state index in [-0.39, 0.29) is 11.6 Å². The zero-order valence-corrected chi connectivity index (χ0v) is 12.6. The van der Waals surface area contributed by atoms with E-state index >= 15 is 0 Å². The van der Waals surface area contributed by atoms with E-state index in [0.29, 0.717) is 16.8 Å². The van der Waals surface area contributed by atoms with E-state index in [4.69, 9.17) is 0 Å². The number of nitrogens with one attached hydrogen (secondary N) is 1. The molecule has 0 radical (unpaired) electrons. The number of amides is 1. The van der Waals surface area contributed by atoms with Gasteiger partial charge in [-0.15, -0.1) is 5.10 Å². The number of hydrogen-bond acceptors (Lipinski definition) is 6. The van der Waals surface area contributed by atoms with Crippen LogP contribution in [0.3, 0.4) is 0 Å². The molecule has 1 aromatic heterocycles. The molecule has 0 atom stereocenters. The molecule has 0 aliphatic heterocycles. The zero-order chi connectivity index (χ0) is 17.1. The van der Waals surface area contributed by atoms with E-state index in [2.05, 4.69) is 20.8 Å². The molecular weight excluding hydrogens is 312 g/mol. The molecule has 0 bridgehead atoms. The summed E-state index contributed by atoms with van der Waals surface area (Å²) in [6, 6.07) is 11.2. The van der Waals surface area contributed by atoms with Gasteiger partial charge in [-0.1, -0.05) is 0 Å². The van der Waals surface area contributed by atoms with Gasteiger partial charge in [0.25, 0.3) is 11.6 Å². The van der Waals surface area contributed by atoms with Crippen LogP contribution in [0.5, 0.6) is 0 Å². The van der Waals surface area contributed by atoms with Crippen LogP contribution in [0.2, 0.25) is 0 Å². The number of nitro benzene ring substituents is 1. The Bertz CT molecular complexity index is 890. The number of nitrogens with zero attached hydrogens (tertiary/aromatic N) is 5. The minimum absolute atomic E-state index is 0.0163. The molecule has 1 heterocycles. The number of aryl methyl sites for hydroxylation is 1. The predicted molar refractivity (Wildman–Crippen MR) is 84.9 cm³/mol. The van der Waals surface area contributed by atoms with Gasteiger partial charge in [-0.05, 0) is 53.7 Å². The van der Waals surface area contributed by atoms with Crippen LogP contribution in [-0.2, 0) is 0 Å². The number of tetrazole rings is 1. The minimum Gasteiger partial charge on any atom is -0.322 e. The van der Waals surface area contributed by atoms with Crippen LogP contribution in [0.15, 0.2) is 48.8 Å². The summed E-state index contributed by atoms with van der Waals surface area (Å²) in [5, 5.41) is 24.4. The molecule has 2 aromatic carbocycles. The van der Waals surface area contributed by atoms with Gasteiger partial charge in [-0.25, -0.2) is 4.68 Å². The lowest BCUT2D eigenvalue weighted by Gasteiger charge is -2.07. The summed E-state index contributed by atoms with van der Waals surface area (Å²) in [7, 11) is 0. The van der Waals surface area contributed by atoms with E-state index in [9.17, 15) is 14.9 Å². The van der Waals surface area contributed by atoms with Crippen LogP contribution in [0.1, 0.15) is 15.9 Å². The van der Waals surface area contributed by atoms with Crippen LogP contribution in [0, 0.1) is 17.0 Å². The molecule has 0 spiro atoms. The van der Waals surface area contributed by atoms with Gasteiger partial charge in [0, 0.05) is 22.9 Å². The van der Waals surface area contributed by atoms with Crippen molar-refractivity contribution in [3.63, 3.8) is 0 Å². The van der Waals surface area contributed by atoms with Crippen molar-refractivity contribution < 1.29 is 9.72 Å². The fraction of sp³-hybridized carbons (Fsp3) is 0.0667. The summed E-state index contributed by atoms with van der Waals surface area (Å²) in [6.07, 6.45) is 1.47. The average Bonchev–Trinajstić information content (AvgIpc) is 3.09. The first-order valence-corrected chi connectivity index (χ1v) is 6.94. The highest BCUT2D eigenvalue weighted by atomic mass is 16.6. The smallest absolute Gasteiger partial charge is 0.272 e. The molecule has 120 valence electrons. The standard InChI is InChI=1S/C15H12N6O3/c1-10-8-11(2-7-14(10)21(23)24)15(22)17-12-3-5-13(6-4-12)20-9-16-18-19-20/h2-9H,1H3,(H,17,22). The second kappa shape index (κ2) is 6.24. The first kappa shape index (κ1) is 15.3. The Balaban J connectivity index is 1.75. The lowest BCUT2D eigenvalue weighted by Crippen LogP contribution is -2.12. The fourth-order valence-electron chi connectivity index (χ4n) is 2.18. The van der Waals surface area contributed by atoms with E-state index in [0.717, 1.165) is 5.69 Å². The van der Waals surface area contributed by atoms with Crippen LogP contribution in [0.25, 0.3) is 5.69 Å². The zero-order valence-electron chi connectivity index (χ0n) is 12.6. The molecular formula is C15H12N6O3. The Kier molecular flexibility index (Phi) is 3.98. The van der Waals surface area contributed by atoms with Crippen LogP contribution in [0.4, 0.5) is 11.4 Å². The third kappa shape index (κ3) is 3.09. The number of benzene rings is 2. The molecule has 1 amide bonds. The highest BCUT2D eigenvalue weighted by Crippen LogP contribution is 2.20. The molecule has 1 N–H and O–H groups in total. The lowest BCUT2D eigenvalue weighted by atomic mass is 10.1. The number of carbonyl (C=O) groups excluding carboxylic acids is 1. The van der Waals surface area contributed by atoms with Gasteiger partial charge >= 0.3 is 0 Å². The lowest BCUT2D eigenvalue weighted by molar-refractivity contribution is -0.385. The predicted octanol–water partition coefficient (Wildman–Crippen LogP) is 2.13. The topological polar surface area (TPSA) is 116 Å². The number of carbonyl (C=O) groups is 1. The maximum absolute atomic E-state index is 12.2. The van der Waals surface area contributed by atoms with Gasteiger partial charge in [0.1, 0.15) is 6.33 Å². The monoisotopic (exact) mass is 324 g/mol. The highest BCUT2D eigenvalue weighted by molar-refractivity contribution is 6.04. The third-order valence-electron chi connectivity index (χ3n) is 3.39. The first-order valence-electron chi connectivity index (χ1n) is 6.94. The third-order valence-corrected chi connectivity index (χ3v) is 3.39. The van der Waals surface area contributed by atoms with Crippen molar-refractivity contribution in [3.8, 4) is 5.69 Å². The molecule has 3 rings (SSSR count). The summed E-state index contributed by atoms with van der Waals surface area (Å²) in [5.41, 5.74) is 2.11. The van der Waals surface area contributed by atoms with E-state index in [1.54, 1.807) is 31.2 Å². The maximum atomic E-state index is 12.2. The number of nitro groups is 1. The van der Waals surface area contributed by atoms with Crippen LogP contribution < -0.4 is 5.32 Å². The van der Waals surface area contributed by atoms with Crippen LogP contribution in [-0.4, -0.2) is 31.0 Å². The Morgan fingerprint density at radius 2 is 1.96 bits per heavy atom. The number of anilines is 1. The Morgan fingerprint density at radius 1 is 1.21 bits per heavy atom. The fourth-order valence-corrected chi connectivity index (χ4v) is 2.18. The van der Waals surface area contributed by atoms with Crippen molar-refractivity contribution >= 4 is 17.3 Å². The minimum atomic E-state index is -0.477. The second-order valence-corrected chi connectivity index (χ2v) is 5.01. The van der Waals surface area contributed by atoms with Gasteiger partial charge in [0.2, 0.25) is 0 Å². The van der Waals surface area contributed by atoms with Crippen molar-refractivity contribution in [1.82, 2.24) is 20.2 Å². The summed E-state index contributed by atoms with van der Waals surface area (Å²) >= 11 is 0. The molecule has 24 heavy (non-hydrogen) atoms. The van der Waals surface area contributed by atoms with Gasteiger partial charge in [-0.2, -0.15) is 0 Å². The highest BCUT2D eigenvalue weighted by Gasteiger charge is 2.14. The van der Waals surface area contributed by atoms with Crippen molar-refractivity contribution in [3.05, 3.63) is 70.0 Å². The molecule has 0 saturated carbocycles. The Hall–Kier alpha value is -3.62. The first-order chi connectivity index (χ1) is 11.5. The van der Waals surface area contributed by atoms with Crippen LogP contribution >= 0.6 is 0 Å². The summed E-state index contributed by atoms with van der Waals surface area (Å²) in [5.74, 6) is -0.344. The SMILES string of the molecule is Cc1cc(C(=O)Nc2ccc(-n3cnnn3)cc2)ccc1[N+](=O)[O-]. The van der Waals surface area contributed by atoms with E-state index in [1.807, 2.05) is 0 Å². The summed E-state index contributed by atoms with van der Waals surface area (Å²) < 4.78 is 1.49. The number of rotatable bonds is 4. The molecule has 0 saturated heterocycles. The van der Waals surface area contributed by atoms with Gasteiger partial charge in [-0.3, -0.25) is 14.9 Å². The molecule has 0 aliphatic carbocycles. The second-order valence-electron chi connectivity index (χ2n) is 5.01. The molecule has 9 heteroatoms. The van der Waals surface area contributed by atoms with E-state index in [1.165, 1.54) is 29.2 Å². The molecule has 3 aromatic rings. The molecule has 9 nitrogen and oxygen atoms in total. The van der Waals surface area contributed by atoms with Gasteiger partial charge in [0.05, 0.1) is 10.6 Å². The van der Waals surface area contributed by atoms with Crippen molar-refractivity contribution in [1.29, 1.82) is 0 Å². The summed E-state index contributed by atoms with van der Waals surface area (Å²) in [4.78, 5) is 22.6. The number of aromatic nitrogens is 4. The Labute approximate surface area is 136 Å². The molecule has 0 fully saturated rings. The maximum Gasteiger partial charge on any atom is 0.272 e. The molecule has 0 unspecified atom stereocenters. The number of hydrogen-bond donors (Lipinski definition) is 1. The van der Waals surface area contributed by atoms with Crippen molar-refractivity contribution in [2.45, 2.75) is 6.92 Å². The average molecular weight is 324 g/mol. The van der Waals surface area contributed by atoms with Crippen molar-refractivity contribution in [2.75, 3.05) is 5.32 Å². The quantitative estimate of drug-likeness (QED) is 0.580. The normalized spacial score (nSPS) is 10.4. The molecule has 0 aliphatic rings. The summed E-state index contributed by atoms with van der Waals surface area (Å²) in [6.45, 7) is 1.59. The van der Waals surface area contributed by atoms with Gasteiger partial charge < -0.3 is 5.32 Å². The Morgan fingerprint density at radius 3 is 2.54 bits per heavy atom. The largest absolute Gasteiger partial charge is 0.322 e.